The number of rotatable bonds is 3. The Kier molecular flexibility index (Phi) is 4.57. The lowest BCUT2D eigenvalue weighted by Crippen LogP contribution is -2.01. The van der Waals surface area contributed by atoms with Gasteiger partial charge in [0.2, 0.25) is 0 Å². The summed E-state index contributed by atoms with van der Waals surface area (Å²) in [5.74, 6) is -1.35. The van der Waals surface area contributed by atoms with Gasteiger partial charge in [-0.15, -0.1) is 0 Å². The molecule has 2 aromatic rings. The third-order valence-corrected chi connectivity index (χ3v) is 3.35. The van der Waals surface area contributed by atoms with Crippen molar-refractivity contribution < 1.29 is 8.78 Å². The number of halogens is 4. The summed E-state index contributed by atoms with van der Waals surface area (Å²) in [7, 11) is 0. The molecule has 6 heteroatoms. The van der Waals surface area contributed by atoms with Crippen LogP contribution in [0.5, 0.6) is 0 Å². The maximum Gasteiger partial charge on any atom is 0.151 e. The van der Waals surface area contributed by atoms with Gasteiger partial charge in [-0.2, -0.15) is 5.10 Å². The standard InChI is InChI=1S/C14H10Cl2F2N2/c1-8(9-2-4-11(15)12(16)6-9)19-20-14-5-3-10(17)7-13(14)18/h2-7,20H,1H3/b19-8-. The molecule has 0 saturated heterocycles. The molecule has 0 saturated carbocycles. The van der Waals surface area contributed by atoms with Crippen molar-refractivity contribution in [2.75, 3.05) is 5.43 Å². The van der Waals surface area contributed by atoms with Gasteiger partial charge in [0.1, 0.15) is 5.82 Å². The molecule has 0 unspecified atom stereocenters. The highest BCUT2D eigenvalue weighted by atomic mass is 35.5. The average molecular weight is 315 g/mol. The van der Waals surface area contributed by atoms with Crippen molar-refractivity contribution in [3.63, 3.8) is 0 Å². The van der Waals surface area contributed by atoms with Crippen LogP contribution in [0.1, 0.15) is 12.5 Å². The molecule has 2 aromatic carbocycles. The topological polar surface area (TPSA) is 24.4 Å². The van der Waals surface area contributed by atoms with E-state index in [0.29, 0.717) is 15.8 Å². The van der Waals surface area contributed by atoms with Crippen LogP contribution in [-0.2, 0) is 0 Å². The van der Waals surface area contributed by atoms with Gasteiger partial charge in [0, 0.05) is 6.07 Å². The van der Waals surface area contributed by atoms with E-state index < -0.39 is 11.6 Å². The summed E-state index contributed by atoms with van der Waals surface area (Å²) in [4.78, 5) is 0. The fraction of sp³-hybridized carbons (Fsp3) is 0.0714. The minimum atomic E-state index is -0.712. The van der Waals surface area contributed by atoms with E-state index >= 15 is 0 Å². The molecule has 0 radical (unpaired) electrons. The van der Waals surface area contributed by atoms with E-state index in [9.17, 15) is 8.78 Å². The minimum absolute atomic E-state index is 0.0887. The molecule has 0 aliphatic carbocycles. The van der Waals surface area contributed by atoms with Gasteiger partial charge in [-0.05, 0) is 36.8 Å². The van der Waals surface area contributed by atoms with E-state index in [1.165, 1.54) is 6.07 Å². The van der Waals surface area contributed by atoms with E-state index in [0.717, 1.165) is 17.7 Å². The summed E-state index contributed by atoms with van der Waals surface area (Å²) in [6.45, 7) is 1.73. The summed E-state index contributed by atoms with van der Waals surface area (Å²) in [5.41, 5.74) is 3.97. The molecule has 0 aromatic heterocycles. The smallest absolute Gasteiger partial charge is 0.151 e. The molecule has 0 amide bonds. The molecule has 2 nitrogen and oxygen atoms in total. The molecule has 0 bridgehead atoms. The largest absolute Gasteiger partial charge is 0.275 e. The van der Waals surface area contributed by atoms with Crippen LogP contribution in [0.4, 0.5) is 14.5 Å². The molecule has 0 spiro atoms. The molecule has 0 fully saturated rings. The third-order valence-electron chi connectivity index (χ3n) is 2.61. The van der Waals surface area contributed by atoms with E-state index in [1.54, 1.807) is 25.1 Å². The molecule has 20 heavy (non-hydrogen) atoms. The number of hydrogen-bond donors (Lipinski definition) is 1. The molecular weight excluding hydrogens is 305 g/mol. The van der Waals surface area contributed by atoms with E-state index in [-0.39, 0.29) is 5.69 Å². The first-order chi connectivity index (χ1) is 9.47. The molecule has 1 N–H and O–H groups in total. The summed E-state index contributed by atoms with van der Waals surface area (Å²) >= 11 is 11.7. The van der Waals surface area contributed by atoms with E-state index in [1.807, 2.05) is 0 Å². The first-order valence-electron chi connectivity index (χ1n) is 5.68. The van der Waals surface area contributed by atoms with Crippen molar-refractivity contribution in [3.8, 4) is 0 Å². The zero-order chi connectivity index (χ0) is 14.7. The Labute approximate surface area is 125 Å². The number of hydrazone groups is 1. The number of nitrogens with one attached hydrogen (secondary N) is 1. The molecule has 104 valence electrons. The number of benzene rings is 2. The summed E-state index contributed by atoms with van der Waals surface area (Å²) in [6.07, 6.45) is 0. The predicted molar refractivity (Wildman–Crippen MR) is 78.7 cm³/mol. The van der Waals surface area contributed by atoms with E-state index in [4.69, 9.17) is 23.2 Å². The van der Waals surface area contributed by atoms with Crippen LogP contribution in [0.25, 0.3) is 0 Å². The lowest BCUT2D eigenvalue weighted by atomic mass is 10.1. The molecular formula is C14H10Cl2F2N2. The van der Waals surface area contributed by atoms with Crippen molar-refractivity contribution in [3.05, 3.63) is 63.6 Å². The minimum Gasteiger partial charge on any atom is -0.275 e. The number of hydrogen-bond acceptors (Lipinski definition) is 2. The Hall–Kier alpha value is -1.65. The quantitative estimate of drug-likeness (QED) is 0.618. The Morgan fingerprint density at radius 3 is 2.45 bits per heavy atom. The van der Waals surface area contributed by atoms with Crippen LogP contribution < -0.4 is 5.43 Å². The Balaban J connectivity index is 2.20. The molecule has 0 aliphatic heterocycles. The van der Waals surface area contributed by atoms with Gasteiger partial charge in [0.15, 0.2) is 5.82 Å². The van der Waals surface area contributed by atoms with Gasteiger partial charge in [0.05, 0.1) is 21.4 Å². The van der Waals surface area contributed by atoms with E-state index in [2.05, 4.69) is 10.5 Å². The van der Waals surface area contributed by atoms with Crippen molar-refractivity contribution in [1.29, 1.82) is 0 Å². The van der Waals surface area contributed by atoms with Crippen molar-refractivity contribution in [2.24, 2.45) is 5.10 Å². The van der Waals surface area contributed by atoms with Gasteiger partial charge in [-0.1, -0.05) is 29.3 Å². The maximum atomic E-state index is 13.4. The fourth-order valence-electron chi connectivity index (χ4n) is 1.51. The SMILES string of the molecule is C/C(=N/Nc1ccc(F)cc1F)c1ccc(Cl)c(Cl)c1. The summed E-state index contributed by atoms with van der Waals surface area (Å²) in [6, 6.07) is 8.26. The van der Waals surface area contributed by atoms with Crippen molar-refractivity contribution in [2.45, 2.75) is 6.92 Å². The third kappa shape index (κ3) is 3.46. The Bertz CT molecular complexity index is 672. The maximum absolute atomic E-state index is 13.4. The zero-order valence-electron chi connectivity index (χ0n) is 10.4. The zero-order valence-corrected chi connectivity index (χ0v) is 11.9. The monoisotopic (exact) mass is 314 g/mol. The van der Waals surface area contributed by atoms with Crippen LogP contribution in [0, 0.1) is 11.6 Å². The fourth-order valence-corrected chi connectivity index (χ4v) is 1.81. The Morgan fingerprint density at radius 2 is 1.80 bits per heavy atom. The molecule has 0 heterocycles. The molecule has 2 rings (SSSR count). The van der Waals surface area contributed by atoms with Gasteiger partial charge >= 0.3 is 0 Å². The van der Waals surface area contributed by atoms with Gasteiger partial charge in [-0.3, -0.25) is 5.43 Å². The molecule has 0 aliphatic rings. The highest BCUT2D eigenvalue weighted by Crippen LogP contribution is 2.23. The van der Waals surface area contributed by atoms with Gasteiger partial charge in [0.25, 0.3) is 0 Å². The second kappa shape index (κ2) is 6.20. The van der Waals surface area contributed by atoms with Crippen LogP contribution in [0.2, 0.25) is 10.0 Å². The summed E-state index contributed by atoms with van der Waals surface area (Å²) < 4.78 is 26.2. The first-order valence-corrected chi connectivity index (χ1v) is 6.44. The molecule has 0 atom stereocenters. The normalized spacial score (nSPS) is 11.6. The van der Waals surface area contributed by atoms with Crippen LogP contribution >= 0.6 is 23.2 Å². The number of anilines is 1. The van der Waals surface area contributed by atoms with Crippen LogP contribution in [-0.4, -0.2) is 5.71 Å². The van der Waals surface area contributed by atoms with Gasteiger partial charge < -0.3 is 0 Å². The summed E-state index contributed by atoms with van der Waals surface area (Å²) in [5, 5.41) is 4.88. The lowest BCUT2D eigenvalue weighted by molar-refractivity contribution is 0.585. The Morgan fingerprint density at radius 1 is 1.05 bits per heavy atom. The second-order valence-corrected chi connectivity index (χ2v) is 4.88. The van der Waals surface area contributed by atoms with Crippen molar-refractivity contribution >= 4 is 34.6 Å². The first kappa shape index (κ1) is 14.8. The highest BCUT2D eigenvalue weighted by molar-refractivity contribution is 6.42. The predicted octanol–water partition coefficient (Wildman–Crippen LogP) is 5.11. The second-order valence-electron chi connectivity index (χ2n) is 4.06. The average Bonchev–Trinajstić information content (AvgIpc) is 2.40. The highest BCUT2D eigenvalue weighted by Gasteiger charge is 2.04. The van der Waals surface area contributed by atoms with Crippen LogP contribution in [0.3, 0.4) is 0 Å². The van der Waals surface area contributed by atoms with Crippen LogP contribution in [0.15, 0.2) is 41.5 Å². The van der Waals surface area contributed by atoms with Crippen molar-refractivity contribution in [1.82, 2.24) is 0 Å². The lowest BCUT2D eigenvalue weighted by Gasteiger charge is -2.06. The number of nitrogens with zero attached hydrogens (tertiary/aromatic N) is 1. The van der Waals surface area contributed by atoms with Gasteiger partial charge in [-0.25, -0.2) is 8.78 Å².